The maximum absolute atomic E-state index is 6.28. The van der Waals surface area contributed by atoms with Gasteiger partial charge in [0.05, 0.1) is 6.54 Å². The van der Waals surface area contributed by atoms with Crippen LogP contribution in [0.25, 0.3) is 11.3 Å². The first kappa shape index (κ1) is 18.6. The molecule has 5 nitrogen and oxygen atoms in total. The van der Waals surface area contributed by atoms with E-state index in [0.29, 0.717) is 13.1 Å². The number of nitrogens with one attached hydrogen (secondary N) is 2. The lowest BCUT2D eigenvalue weighted by Gasteiger charge is -2.04. The number of aromatic nitrogens is 3. The fourth-order valence-corrected chi connectivity index (χ4v) is 2.96. The molecule has 136 valence electrons. The van der Waals surface area contributed by atoms with E-state index >= 15 is 0 Å². The van der Waals surface area contributed by atoms with Gasteiger partial charge in [-0.05, 0) is 38.2 Å². The molecule has 0 unspecified atom stereocenters. The summed E-state index contributed by atoms with van der Waals surface area (Å²) in [5, 5.41) is 16.8. The highest BCUT2D eigenvalue weighted by molar-refractivity contribution is 6.31. The van der Waals surface area contributed by atoms with Gasteiger partial charge in [0.1, 0.15) is 11.4 Å². The first-order valence-electron chi connectivity index (χ1n) is 8.86. The molecule has 0 saturated heterocycles. The fraction of sp³-hybridized carbons (Fsp3) is 0.300. The first-order chi connectivity index (χ1) is 12.8. The molecule has 1 heterocycles. The molecule has 0 bridgehead atoms. The Kier molecular flexibility index (Phi) is 6.77. The van der Waals surface area contributed by atoms with E-state index in [1.807, 2.05) is 49.5 Å². The summed E-state index contributed by atoms with van der Waals surface area (Å²) in [7, 11) is 1.97. The molecule has 0 amide bonds. The third kappa shape index (κ3) is 4.91. The van der Waals surface area contributed by atoms with Crippen LogP contribution in [0.3, 0.4) is 0 Å². The van der Waals surface area contributed by atoms with Crippen molar-refractivity contribution in [1.29, 1.82) is 0 Å². The van der Waals surface area contributed by atoms with Crippen LogP contribution in [-0.4, -0.2) is 35.1 Å². The monoisotopic (exact) mass is 369 g/mol. The van der Waals surface area contributed by atoms with Gasteiger partial charge in [0.25, 0.3) is 0 Å². The Morgan fingerprint density at radius 2 is 1.73 bits per heavy atom. The summed E-state index contributed by atoms with van der Waals surface area (Å²) in [5.74, 6) is 0. The van der Waals surface area contributed by atoms with E-state index < -0.39 is 0 Å². The van der Waals surface area contributed by atoms with Crippen LogP contribution in [0.4, 0.5) is 0 Å². The topological polar surface area (TPSA) is 54.8 Å². The molecular weight excluding hydrogens is 346 g/mol. The molecule has 3 rings (SSSR count). The highest BCUT2D eigenvalue weighted by Gasteiger charge is 2.13. The van der Waals surface area contributed by atoms with Crippen LogP contribution in [0.1, 0.15) is 17.7 Å². The molecule has 0 fully saturated rings. The van der Waals surface area contributed by atoms with Crippen molar-refractivity contribution in [3.8, 4) is 11.3 Å². The van der Waals surface area contributed by atoms with Gasteiger partial charge in [-0.1, -0.05) is 60.1 Å². The molecule has 0 aliphatic carbocycles. The van der Waals surface area contributed by atoms with Gasteiger partial charge in [0.2, 0.25) is 0 Å². The van der Waals surface area contributed by atoms with Crippen LogP contribution in [-0.2, 0) is 13.1 Å². The number of hydrogen-bond acceptors (Lipinski definition) is 4. The molecular formula is C20H24ClN5. The van der Waals surface area contributed by atoms with Crippen molar-refractivity contribution in [2.45, 2.75) is 19.5 Å². The van der Waals surface area contributed by atoms with Gasteiger partial charge in [0.15, 0.2) is 0 Å². The van der Waals surface area contributed by atoms with Crippen LogP contribution in [0.15, 0.2) is 54.6 Å². The van der Waals surface area contributed by atoms with Gasteiger partial charge < -0.3 is 10.6 Å². The zero-order chi connectivity index (χ0) is 18.2. The molecule has 26 heavy (non-hydrogen) atoms. The number of hydrogen-bond donors (Lipinski definition) is 2. The highest BCUT2D eigenvalue weighted by Crippen LogP contribution is 2.21. The van der Waals surface area contributed by atoms with Crippen molar-refractivity contribution in [2.24, 2.45) is 0 Å². The Balaban J connectivity index is 1.79. The quantitative estimate of drug-likeness (QED) is 0.568. The number of rotatable bonds is 9. The zero-order valence-corrected chi connectivity index (χ0v) is 15.7. The van der Waals surface area contributed by atoms with E-state index in [2.05, 4.69) is 22.8 Å². The van der Waals surface area contributed by atoms with E-state index in [1.165, 1.54) is 0 Å². The summed E-state index contributed by atoms with van der Waals surface area (Å²) in [6.45, 7) is 3.18. The Hall–Kier alpha value is -2.21. The van der Waals surface area contributed by atoms with Crippen molar-refractivity contribution in [1.82, 2.24) is 25.6 Å². The Labute approximate surface area is 159 Å². The van der Waals surface area contributed by atoms with Crippen molar-refractivity contribution >= 4 is 11.6 Å². The number of benzene rings is 2. The maximum atomic E-state index is 6.28. The minimum Gasteiger partial charge on any atom is -0.320 e. The molecule has 1 aromatic heterocycles. The van der Waals surface area contributed by atoms with Gasteiger partial charge in [-0.15, -0.1) is 0 Å². The predicted octanol–water partition coefficient (Wildman–Crippen LogP) is 3.35. The van der Waals surface area contributed by atoms with Crippen molar-refractivity contribution < 1.29 is 0 Å². The van der Waals surface area contributed by atoms with Crippen molar-refractivity contribution in [2.75, 3.05) is 20.1 Å². The molecule has 2 aromatic carbocycles. The SMILES string of the molecule is CNCCCNCc1nn(Cc2ccccc2Cl)nc1-c1ccccc1. The van der Waals surface area contributed by atoms with Gasteiger partial charge >= 0.3 is 0 Å². The normalized spacial score (nSPS) is 11.0. The van der Waals surface area contributed by atoms with E-state index in [4.69, 9.17) is 21.8 Å². The summed E-state index contributed by atoms with van der Waals surface area (Å²) in [6.07, 6.45) is 1.07. The van der Waals surface area contributed by atoms with Gasteiger partial charge in [0, 0.05) is 17.1 Å². The van der Waals surface area contributed by atoms with E-state index in [1.54, 1.807) is 4.80 Å². The third-order valence-corrected chi connectivity index (χ3v) is 4.48. The molecule has 0 aliphatic rings. The molecule has 0 radical (unpaired) electrons. The van der Waals surface area contributed by atoms with E-state index in [-0.39, 0.29) is 0 Å². The second-order valence-corrected chi connectivity index (χ2v) is 6.52. The van der Waals surface area contributed by atoms with Gasteiger partial charge in [-0.25, -0.2) is 0 Å². The summed E-state index contributed by atoms with van der Waals surface area (Å²) in [4.78, 5) is 1.73. The summed E-state index contributed by atoms with van der Waals surface area (Å²) in [5.41, 5.74) is 3.95. The fourth-order valence-electron chi connectivity index (χ4n) is 2.77. The number of halogens is 1. The molecule has 0 saturated carbocycles. The van der Waals surface area contributed by atoms with Crippen molar-refractivity contribution in [3.05, 3.63) is 70.9 Å². The van der Waals surface area contributed by atoms with E-state index in [0.717, 1.165) is 47.0 Å². The lowest BCUT2D eigenvalue weighted by atomic mass is 10.1. The lowest BCUT2D eigenvalue weighted by molar-refractivity contribution is 0.571. The first-order valence-corrected chi connectivity index (χ1v) is 9.24. The lowest BCUT2D eigenvalue weighted by Crippen LogP contribution is -2.20. The molecule has 0 spiro atoms. The molecule has 3 aromatic rings. The highest BCUT2D eigenvalue weighted by atomic mass is 35.5. The Morgan fingerprint density at radius 1 is 0.962 bits per heavy atom. The van der Waals surface area contributed by atoms with Crippen LogP contribution in [0, 0.1) is 0 Å². The predicted molar refractivity (Wildman–Crippen MR) is 106 cm³/mol. The second-order valence-electron chi connectivity index (χ2n) is 6.12. The second kappa shape index (κ2) is 9.48. The minimum absolute atomic E-state index is 0.555. The van der Waals surface area contributed by atoms with E-state index in [9.17, 15) is 0 Å². The van der Waals surface area contributed by atoms with Crippen LogP contribution in [0.5, 0.6) is 0 Å². The van der Waals surface area contributed by atoms with Crippen molar-refractivity contribution in [3.63, 3.8) is 0 Å². The standard InChI is InChI=1S/C20H24ClN5/c1-22-12-7-13-23-14-19-20(16-8-3-2-4-9-16)25-26(24-19)15-17-10-5-6-11-18(17)21/h2-6,8-11,22-23H,7,12-15H2,1H3. The Bertz CT molecular complexity index is 816. The van der Waals surface area contributed by atoms with Crippen LogP contribution < -0.4 is 10.6 Å². The largest absolute Gasteiger partial charge is 0.320 e. The Morgan fingerprint density at radius 3 is 2.50 bits per heavy atom. The molecule has 6 heteroatoms. The number of nitrogens with zero attached hydrogens (tertiary/aromatic N) is 3. The molecule has 0 aliphatic heterocycles. The summed E-state index contributed by atoms with van der Waals surface area (Å²) >= 11 is 6.28. The minimum atomic E-state index is 0.555. The van der Waals surface area contributed by atoms with Gasteiger partial charge in [-0.3, -0.25) is 0 Å². The molecule has 0 atom stereocenters. The summed E-state index contributed by atoms with van der Waals surface area (Å²) in [6, 6.07) is 18.0. The summed E-state index contributed by atoms with van der Waals surface area (Å²) < 4.78 is 0. The van der Waals surface area contributed by atoms with Crippen LogP contribution >= 0.6 is 11.6 Å². The third-order valence-electron chi connectivity index (χ3n) is 4.11. The zero-order valence-electron chi connectivity index (χ0n) is 15.0. The maximum Gasteiger partial charge on any atom is 0.117 e. The molecule has 2 N–H and O–H groups in total. The average molecular weight is 370 g/mol. The van der Waals surface area contributed by atoms with Gasteiger partial charge in [-0.2, -0.15) is 15.0 Å². The van der Waals surface area contributed by atoms with Crippen LogP contribution in [0.2, 0.25) is 5.02 Å². The average Bonchev–Trinajstić information content (AvgIpc) is 3.07. The smallest absolute Gasteiger partial charge is 0.117 e.